The van der Waals surface area contributed by atoms with Crippen molar-refractivity contribution in [3.63, 3.8) is 0 Å². The van der Waals surface area contributed by atoms with E-state index in [4.69, 9.17) is 0 Å². The molecule has 3 rings (SSSR count). The van der Waals surface area contributed by atoms with Crippen molar-refractivity contribution in [3.8, 4) is 0 Å². The number of imide groups is 1. The van der Waals surface area contributed by atoms with Gasteiger partial charge in [-0.15, -0.1) is 5.10 Å². The Morgan fingerprint density at radius 1 is 1.25 bits per heavy atom. The van der Waals surface area contributed by atoms with E-state index in [-0.39, 0.29) is 18.9 Å². The van der Waals surface area contributed by atoms with Gasteiger partial charge in [-0.25, -0.2) is 4.79 Å². The standard InChI is InChI=1S/C13H10N4O3/c18-7-8-2-1-3-9-10(8)6-14-16-12(9)17-5-4-11(19)15-13(17)20/h1-3,6-7H,4-5H2,(H,15,19,20). The molecule has 1 saturated heterocycles. The monoisotopic (exact) mass is 270 g/mol. The highest BCUT2D eigenvalue weighted by Crippen LogP contribution is 2.26. The molecular formula is C13H10N4O3. The maximum absolute atomic E-state index is 11.9. The third-order valence-corrected chi connectivity index (χ3v) is 3.16. The summed E-state index contributed by atoms with van der Waals surface area (Å²) in [6.07, 6.45) is 2.42. The second-order valence-corrected chi connectivity index (χ2v) is 4.35. The molecule has 1 N–H and O–H groups in total. The van der Waals surface area contributed by atoms with Crippen LogP contribution in [0.2, 0.25) is 0 Å². The van der Waals surface area contributed by atoms with Crippen LogP contribution < -0.4 is 10.2 Å². The summed E-state index contributed by atoms with van der Waals surface area (Å²) in [6.45, 7) is 0.240. The maximum atomic E-state index is 11.9. The van der Waals surface area contributed by atoms with Crippen molar-refractivity contribution in [2.75, 3.05) is 11.4 Å². The van der Waals surface area contributed by atoms with Gasteiger partial charge < -0.3 is 0 Å². The van der Waals surface area contributed by atoms with Crippen molar-refractivity contribution in [1.82, 2.24) is 15.5 Å². The Hall–Kier alpha value is -2.83. The summed E-state index contributed by atoms with van der Waals surface area (Å²) in [5, 5.41) is 11.3. The molecule has 7 nitrogen and oxygen atoms in total. The third kappa shape index (κ3) is 1.89. The molecule has 2 heterocycles. The van der Waals surface area contributed by atoms with E-state index < -0.39 is 6.03 Å². The molecule has 0 aliphatic carbocycles. The number of carbonyl (C=O) groups excluding carboxylic acids is 3. The SMILES string of the molecule is O=Cc1cccc2c(N3CCC(=O)NC3=O)nncc12. The fourth-order valence-corrected chi connectivity index (χ4v) is 2.19. The summed E-state index contributed by atoms with van der Waals surface area (Å²) in [5.74, 6) is 0.0317. The Morgan fingerprint density at radius 2 is 2.10 bits per heavy atom. The highest BCUT2D eigenvalue weighted by atomic mass is 16.2. The lowest BCUT2D eigenvalue weighted by molar-refractivity contribution is -0.120. The molecule has 7 heteroatoms. The van der Waals surface area contributed by atoms with Gasteiger partial charge in [0, 0.05) is 29.3 Å². The Labute approximate surface area is 113 Å². The number of carbonyl (C=O) groups is 3. The Balaban J connectivity index is 2.15. The van der Waals surface area contributed by atoms with E-state index in [0.29, 0.717) is 22.2 Å². The van der Waals surface area contributed by atoms with Crippen LogP contribution in [-0.4, -0.2) is 35.0 Å². The van der Waals surface area contributed by atoms with Gasteiger partial charge in [0.2, 0.25) is 5.91 Å². The summed E-state index contributed by atoms with van der Waals surface area (Å²) >= 11 is 0. The first-order chi connectivity index (χ1) is 9.70. The van der Waals surface area contributed by atoms with Crippen LogP contribution in [0.1, 0.15) is 16.8 Å². The minimum Gasteiger partial charge on any atom is -0.298 e. The van der Waals surface area contributed by atoms with Crippen LogP contribution in [0.15, 0.2) is 24.4 Å². The quantitative estimate of drug-likeness (QED) is 0.818. The molecule has 0 radical (unpaired) electrons. The molecule has 1 aromatic heterocycles. The van der Waals surface area contributed by atoms with E-state index in [1.165, 1.54) is 11.1 Å². The number of hydrogen-bond donors (Lipinski definition) is 1. The van der Waals surface area contributed by atoms with Crippen LogP contribution in [0.5, 0.6) is 0 Å². The highest BCUT2D eigenvalue weighted by Gasteiger charge is 2.26. The smallest absolute Gasteiger partial charge is 0.298 e. The largest absolute Gasteiger partial charge is 0.329 e. The van der Waals surface area contributed by atoms with Gasteiger partial charge in [0.15, 0.2) is 12.1 Å². The second kappa shape index (κ2) is 4.69. The third-order valence-electron chi connectivity index (χ3n) is 3.16. The fraction of sp³-hybridized carbons (Fsp3) is 0.154. The van der Waals surface area contributed by atoms with Crippen molar-refractivity contribution in [3.05, 3.63) is 30.0 Å². The maximum Gasteiger partial charge on any atom is 0.329 e. The molecular weight excluding hydrogens is 260 g/mol. The van der Waals surface area contributed by atoms with Gasteiger partial charge in [-0.05, 0) is 0 Å². The zero-order valence-corrected chi connectivity index (χ0v) is 10.4. The molecule has 100 valence electrons. The zero-order chi connectivity index (χ0) is 14.1. The number of hydrogen-bond acceptors (Lipinski definition) is 5. The number of benzene rings is 1. The van der Waals surface area contributed by atoms with E-state index in [2.05, 4.69) is 15.5 Å². The van der Waals surface area contributed by atoms with Crippen LogP contribution in [-0.2, 0) is 4.79 Å². The molecule has 0 spiro atoms. The van der Waals surface area contributed by atoms with Gasteiger partial charge in [-0.1, -0.05) is 18.2 Å². The van der Waals surface area contributed by atoms with E-state index >= 15 is 0 Å². The summed E-state index contributed by atoms with van der Waals surface area (Å²) in [6, 6.07) is 4.61. The van der Waals surface area contributed by atoms with E-state index in [1.807, 2.05) is 0 Å². The number of aldehydes is 1. The number of rotatable bonds is 2. The molecule has 1 aromatic carbocycles. The average molecular weight is 270 g/mol. The van der Waals surface area contributed by atoms with Crippen molar-refractivity contribution >= 4 is 34.8 Å². The lowest BCUT2D eigenvalue weighted by Gasteiger charge is -2.26. The van der Waals surface area contributed by atoms with Gasteiger partial charge in [0.25, 0.3) is 0 Å². The van der Waals surface area contributed by atoms with E-state index in [9.17, 15) is 14.4 Å². The normalized spacial score (nSPS) is 15.3. The van der Waals surface area contributed by atoms with Crippen LogP contribution in [0.3, 0.4) is 0 Å². The number of fused-ring (bicyclic) bond motifs is 1. The molecule has 0 saturated carbocycles. The first-order valence-corrected chi connectivity index (χ1v) is 6.01. The first kappa shape index (κ1) is 12.2. The second-order valence-electron chi connectivity index (χ2n) is 4.35. The number of nitrogens with zero attached hydrogens (tertiary/aromatic N) is 3. The van der Waals surface area contributed by atoms with Gasteiger partial charge in [-0.3, -0.25) is 19.8 Å². The molecule has 0 unspecified atom stereocenters. The topological polar surface area (TPSA) is 92.3 Å². The first-order valence-electron chi connectivity index (χ1n) is 6.01. The van der Waals surface area contributed by atoms with Crippen LogP contribution in [0, 0.1) is 0 Å². The van der Waals surface area contributed by atoms with Gasteiger partial charge >= 0.3 is 6.03 Å². The molecule has 0 bridgehead atoms. The molecule has 3 amide bonds. The van der Waals surface area contributed by atoms with Gasteiger partial charge in [0.05, 0.1) is 6.20 Å². The number of amides is 3. The molecule has 1 aliphatic rings. The Morgan fingerprint density at radius 3 is 2.85 bits per heavy atom. The fourth-order valence-electron chi connectivity index (χ4n) is 2.19. The van der Waals surface area contributed by atoms with Crippen LogP contribution >= 0.6 is 0 Å². The molecule has 1 aliphatic heterocycles. The summed E-state index contributed by atoms with van der Waals surface area (Å²) in [5.41, 5.74) is 0.479. The average Bonchev–Trinajstić information content (AvgIpc) is 2.46. The Bertz CT molecular complexity index is 729. The number of aromatic nitrogens is 2. The van der Waals surface area contributed by atoms with Crippen LogP contribution in [0.4, 0.5) is 10.6 Å². The Kier molecular flexibility index (Phi) is 2.86. The molecule has 1 fully saturated rings. The predicted molar refractivity (Wildman–Crippen MR) is 70.4 cm³/mol. The molecule has 20 heavy (non-hydrogen) atoms. The summed E-state index contributed by atoms with van der Waals surface area (Å²) in [7, 11) is 0. The van der Waals surface area contributed by atoms with Gasteiger partial charge in [0.1, 0.15) is 0 Å². The lowest BCUT2D eigenvalue weighted by Crippen LogP contribution is -2.50. The zero-order valence-electron chi connectivity index (χ0n) is 10.4. The number of nitrogens with one attached hydrogen (secondary N) is 1. The number of anilines is 1. The van der Waals surface area contributed by atoms with Crippen LogP contribution in [0.25, 0.3) is 10.8 Å². The highest BCUT2D eigenvalue weighted by molar-refractivity contribution is 6.10. The molecule has 0 atom stereocenters. The van der Waals surface area contributed by atoms with Crippen molar-refractivity contribution in [2.24, 2.45) is 0 Å². The number of urea groups is 1. The van der Waals surface area contributed by atoms with E-state index in [0.717, 1.165) is 6.29 Å². The van der Waals surface area contributed by atoms with Crippen molar-refractivity contribution in [2.45, 2.75) is 6.42 Å². The molecule has 2 aromatic rings. The van der Waals surface area contributed by atoms with Crippen molar-refractivity contribution in [1.29, 1.82) is 0 Å². The summed E-state index contributed by atoms with van der Waals surface area (Å²) < 4.78 is 0. The van der Waals surface area contributed by atoms with Gasteiger partial charge in [-0.2, -0.15) is 5.10 Å². The minimum absolute atomic E-state index is 0.206. The summed E-state index contributed by atoms with van der Waals surface area (Å²) in [4.78, 5) is 35.4. The predicted octanol–water partition coefficient (Wildman–Crippen LogP) is 0.889. The lowest BCUT2D eigenvalue weighted by atomic mass is 10.1. The minimum atomic E-state index is -0.528. The van der Waals surface area contributed by atoms with Crippen molar-refractivity contribution < 1.29 is 14.4 Å². The van der Waals surface area contributed by atoms with E-state index in [1.54, 1.807) is 18.2 Å².